The van der Waals surface area contributed by atoms with Crippen molar-refractivity contribution in [1.29, 1.82) is 0 Å². The predicted molar refractivity (Wildman–Crippen MR) is 159 cm³/mol. The number of carbonyl (C=O) groups excluding carboxylic acids is 2. The van der Waals surface area contributed by atoms with Gasteiger partial charge in [0, 0.05) is 38.4 Å². The fraction of sp³-hybridized carbons (Fsp3) is 0.600. The molecule has 2 aromatic heterocycles. The summed E-state index contributed by atoms with van der Waals surface area (Å²) in [5.74, 6) is 1.32. The second-order valence-electron chi connectivity index (χ2n) is 12.1. The van der Waals surface area contributed by atoms with E-state index in [9.17, 15) is 9.59 Å². The molecule has 0 saturated carbocycles. The van der Waals surface area contributed by atoms with Crippen molar-refractivity contribution in [3.63, 3.8) is 0 Å². The Bertz CT molecular complexity index is 1240. The summed E-state index contributed by atoms with van der Waals surface area (Å²) in [4.78, 5) is 50.0. The van der Waals surface area contributed by atoms with Crippen molar-refractivity contribution >= 4 is 29.8 Å². The SMILES string of the molecule is CN=C(c1cc(C)c(C)nc1N(C=O)c1c(C(C)C)ncnc1C(C)C)N1CCN(C(=O)OC(C)(C)C)CC1C. The third kappa shape index (κ3) is 6.59. The van der Waals surface area contributed by atoms with Crippen LogP contribution in [-0.4, -0.2) is 81.4 Å². The summed E-state index contributed by atoms with van der Waals surface area (Å²) in [6.45, 7) is 21.4. The van der Waals surface area contributed by atoms with Crippen molar-refractivity contribution in [2.45, 2.75) is 92.7 Å². The van der Waals surface area contributed by atoms with Crippen molar-refractivity contribution in [3.05, 3.63) is 40.6 Å². The van der Waals surface area contributed by atoms with Crippen LogP contribution >= 0.6 is 0 Å². The zero-order valence-electron chi connectivity index (χ0n) is 25.9. The van der Waals surface area contributed by atoms with Gasteiger partial charge in [0.05, 0.1) is 22.6 Å². The Kier molecular flexibility index (Phi) is 9.53. The summed E-state index contributed by atoms with van der Waals surface area (Å²) in [7, 11) is 1.75. The van der Waals surface area contributed by atoms with Crippen LogP contribution < -0.4 is 4.90 Å². The maximum absolute atomic E-state index is 12.9. The van der Waals surface area contributed by atoms with Gasteiger partial charge in [-0.05, 0) is 65.0 Å². The fourth-order valence-electron chi connectivity index (χ4n) is 4.92. The molecule has 1 aliphatic heterocycles. The van der Waals surface area contributed by atoms with Crippen LogP contribution in [0, 0.1) is 13.8 Å². The van der Waals surface area contributed by atoms with Gasteiger partial charge >= 0.3 is 6.09 Å². The summed E-state index contributed by atoms with van der Waals surface area (Å²) in [6.07, 6.45) is 2.05. The van der Waals surface area contributed by atoms with Crippen LogP contribution in [0.5, 0.6) is 0 Å². The largest absolute Gasteiger partial charge is 0.444 e. The molecule has 1 unspecified atom stereocenters. The monoisotopic (exact) mass is 551 g/mol. The predicted octanol–water partition coefficient (Wildman–Crippen LogP) is 5.35. The molecule has 10 nitrogen and oxygen atoms in total. The van der Waals surface area contributed by atoms with Crippen molar-refractivity contribution < 1.29 is 14.3 Å². The van der Waals surface area contributed by atoms with E-state index in [1.54, 1.807) is 23.2 Å². The van der Waals surface area contributed by atoms with Gasteiger partial charge in [0.15, 0.2) is 5.82 Å². The first-order valence-electron chi connectivity index (χ1n) is 14.0. The fourth-order valence-corrected chi connectivity index (χ4v) is 4.92. The third-order valence-electron chi connectivity index (χ3n) is 7.00. The number of rotatable bonds is 6. The summed E-state index contributed by atoms with van der Waals surface area (Å²) in [6, 6.07) is 1.99. The number of aryl methyl sites for hydroxylation is 2. The highest BCUT2D eigenvalue weighted by Crippen LogP contribution is 2.37. The molecule has 2 aromatic rings. The van der Waals surface area contributed by atoms with Gasteiger partial charge in [0.1, 0.15) is 17.8 Å². The van der Waals surface area contributed by atoms with Gasteiger partial charge in [-0.15, -0.1) is 0 Å². The number of aliphatic imine (C=N–C) groups is 1. The second-order valence-corrected chi connectivity index (χ2v) is 12.1. The van der Waals surface area contributed by atoms with E-state index in [0.717, 1.165) is 34.6 Å². The number of ether oxygens (including phenoxy) is 1. The van der Waals surface area contributed by atoms with Gasteiger partial charge in [0.2, 0.25) is 6.41 Å². The highest BCUT2D eigenvalue weighted by Gasteiger charge is 2.34. The molecule has 3 rings (SSSR count). The van der Waals surface area contributed by atoms with E-state index in [2.05, 4.69) is 49.5 Å². The van der Waals surface area contributed by atoms with Crippen molar-refractivity contribution in [2.75, 3.05) is 31.6 Å². The zero-order valence-corrected chi connectivity index (χ0v) is 25.9. The topological polar surface area (TPSA) is 104 Å². The van der Waals surface area contributed by atoms with Gasteiger partial charge < -0.3 is 14.5 Å². The number of amidine groups is 1. The number of carbonyl (C=O) groups is 2. The molecule has 1 atom stereocenters. The van der Waals surface area contributed by atoms with E-state index in [1.165, 1.54) is 0 Å². The van der Waals surface area contributed by atoms with Crippen LogP contribution in [0.3, 0.4) is 0 Å². The lowest BCUT2D eigenvalue weighted by Gasteiger charge is -2.42. The Balaban J connectivity index is 2.11. The maximum atomic E-state index is 12.9. The van der Waals surface area contributed by atoms with Crippen molar-refractivity contribution in [2.24, 2.45) is 4.99 Å². The maximum Gasteiger partial charge on any atom is 0.410 e. The zero-order chi connectivity index (χ0) is 29.9. The molecule has 1 fully saturated rings. The van der Waals surface area contributed by atoms with Crippen LogP contribution in [0.1, 0.15) is 95.4 Å². The van der Waals surface area contributed by atoms with Crippen molar-refractivity contribution in [1.82, 2.24) is 24.8 Å². The number of hydrogen-bond acceptors (Lipinski definition) is 7. The molecule has 0 aromatic carbocycles. The minimum absolute atomic E-state index is 0.0448. The summed E-state index contributed by atoms with van der Waals surface area (Å²) in [5.41, 5.74) is 4.22. The molecule has 3 heterocycles. The molecule has 218 valence electrons. The first-order valence-corrected chi connectivity index (χ1v) is 14.0. The average Bonchev–Trinajstić information content (AvgIpc) is 2.87. The highest BCUT2D eigenvalue weighted by atomic mass is 16.6. The molecule has 2 amide bonds. The number of amides is 2. The summed E-state index contributed by atoms with van der Waals surface area (Å²) < 4.78 is 5.61. The minimum atomic E-state index is -0.559. The molecule has 0 bridgehead atoms. The Hall–Kier alpha value is -3.56. The Morgan fingerprint density at radius 1 is 1.12 bits per heavy atom. The molecular formula is C30H45N7O3. The molecule has 1 aliphatic rings. The van der Waals surface area contributed by atoms with Crippen LogP contribution in [0.25, 0.3) is 0 Å². The van der Waals surface area contributed by atoms with E-state index in [1.807, 2.05) is 40.7 Å². The summed E-state index contributed by atoms with van der Waals surface area (Å²) >= 11 is 0. The van der Waals surface area contributed by atoms with E-state index in [-0.39, 0.29) is 24.0 Å². The normalized spacial score (nSPS) is 16.5. The quantitative estimate of drug-likeness (QED) is 0.271. The molecule has 1 saturated heterocycles. The second kappa shape index (κ2) is 12.3. The van der Waals surface area contributed by atoms with Crippen LogP contribution in [0.15, 0.2) is 17.4 Å². The smallest absolute Gasteiger partial charge is 0.410 e. The van der Waals surface area contributed by atoms with Crippen LogP contribution in [0.4, 0.5) is 16.3 Å². The molecule has 0 radical (unpaired) electrons. The first kappa shape index (κ1) is 31.0. The number of piperazine rings is 1. The molecule has 40 heavy (non-hydrogen) atoms. The lowest BCUT2D eigenvalue weighted by atomic mass is 10.00. The molecule has 0 spiro atoms. The molecule has 0 aliphatic carbocycles. The van der Waals surface area contributed by atoms with Crippen LogP contribution in [0.2, 0.25) is 0 Å². The number of nitrogens with zero attached hydrogens (tertiary/aromatic N) is 7. The standard InChI is InChI=1S/C30H45N7O3/c1-18(2)24-26(25(19(3)4)33-16-32-24)37(17-38)28-23(14-20(5)22(7)34-28)27(31-11)36-13-12-35(15-21(36)6)29(39)40-30(8,9)10/h14,16-19,21H,12-13,15H2,1-11H3. The van der Waals surface area contributed by atoms with Gasteiger partial charge in [-0.25, -0.2) is 19.7 Å². The number of aromatic nitrogens is 3. The lowest BCUT2D eigenvalue weighted by molar-refractivity contribution is -0.106. The molecular weight excluding hydrogens is 506 g/mol. The Labute approximate surface area is 238 Å². The van der Waals surface area contributed by atoms with Gasteiger partial charge in [-0.3, -0.25) is 14.7 Å². The summed E-state index contributed by atoms with van der Waals surface area (Å²) in [5, 5.41) is 0. The number of anilines is 2. The Morgan fingerprint density at radius 2 is 1.73 bits per heavy atom. The van der Waals surface area contributed by atoms with Crippen LogP contribution in [-0.2, 0) is 9.53 Å². The van der Waals surface area contributed by atoms with E-state index < -0.39 is 5.60 Å². The van der Waals surface area contributed by atoms with Gasteiger partial charge in [-0.2, -0.15) is 0 Å². The minimum Gasteiger partial charge on any atom is -0.444 e. The molecule has 10 heteroatoms. The van der Waals surface area contributed by atoms with E-state index in [4.69, 9.17) is 14.7 Å². The lowest BCUT2D eigenvalue weighted by Crippen LogP contribution is -2.56. The molecule has 0 N–H and O–H groups in total. The number of pyridine rings is 1. The van der Waals surface area contributed by atoms with Gasteiger partial charge in [0.25, 0.3) is 0 Å². The van der Waals surface area contributed by atoms with Gasteiger partial charge in [-0.1, -0.05) is 27.7 Å². The highest BCUT2D eigenvalue weighted by molar-refractivity contribution is 6.06. The Morgan fingerprint density at radius 3 is 2.20 bits per heavy atom. The average molecular weight is 552 g/mol. The third-order valence-corrected chi connectivity index (χ3v) is 7.00. The number of hydrogen-bond donors (Lipinski definition) is 0. The first-order chi connectivity index (χ1) is 18.7. The van der Waals surface area contributed by atoms with E-state index in [0.29, 0.717) is 37.0 Å². The van der Waals surface area contributed by atoms with E-state index >= 15 is 0 Å². The van der Waals surface area contributed by atoms with Crippen molar-refractivity contribution in [3.8, 4) is 0 Å².